The number of benzene rings is 1. The second kappa shape index (κ2) is 5.81. The van der Waals surface area contributed by atoms with Gasteiger partial charge in [0.15, 0.2) is 5.01 Å². The Morgan fingerprint density at radius 1 is 1.26 bits per heavy atom. The summed E-state index contributed by atoms with van der Waals surface area (Å²) in [6.45, 7) is 3.14. The van der Waals surface area contributed by atoms with E-state index in [4.69, 9.17) is 4.42 Å². The van der Waals surface area contributed by atoms with E-state index in [0.29, 0.717) is 11.0 Å². The summed E-state index contributed by atoms with van der Waals surface area (Å²) >= 11 is 4.17. The molecule has 3 rings (SSSR count). The van der Waals surface area contributed by atoms with E-state index in [0.717, 1.165) is 15.8 Å². The molecule has 0 aliphatic heterocycles. The monoisotopic (exact) mass is 414 g/mol. The average molecular weight is 415 g/mol. The van der Waals surface area contributed by atoms with E-state index in [1.54, 1.807) is 32.0 Å². The lowest BCUT2D eigenvalue weighted by atomic mass is 10.2. The molecule has 0 fully saturated rings. The van der Waals surface area contributed by atoms with Crippen LogP contribution in [0.3, 0.4) is 0 Å². The Labute approximate surface area is 144 Å². The van der Waals surface area contributed by atoms with Gasteiger partial charge in [-0.25, -0.2) is 8.42 Å². The summed E-state index contributed by atoms with van der Waals surface area (Å²) in [7, 11) is -3.52. The molecule has 6 nitrogen and oxygen atoms in total. The lowest BCUT2D eigenvalue weighted by molar-refractivity contribution is 0.585. The zero-order valence-corrected chi connectivity index (χ0v) is 15.3. The molecule has 2 aromatic heterocycles. The second-order valence-corrected chi connectivity index (χ2v) is 9.66. The van der Waals surface area contributed by atoms with Crippen LogP contribution in [0, 0.1) is 0 Å². The van der Waals surface area contributed by atoms with Crippen LogP contribution in [0.15, 0.2) is 42.5 Å². The largest absolute Gasteiger partial charge is 0.463 e. The van der Waals surface area contributed by atoms with Gasteiger partial charge < -0.3 is 4.42 Å². The van der Waals surface area contributed by atoms with E-state index in [-0.39, 0.29) is 20.3 Å². The maximum absolute atomic E-state index is 12.6. The smallest absolute Gasteiger partial charge is 0.233 e. The SMILES string of the molecule is CC(C)S(=O)(=O)c1nnc(-c2coc3ccc(Br)cc3c2=O)s1. The Hall–Kier alpha value is -1.58. The highest BCUT2D eigenvalue weighted by Crippen LogP contribution is 2.28. The van der Waals surface area contributed by atoms with Crippen molar-refractivity contribution in [1.29, 1.82) is 0 Å². The van der Waals surface area contributed by atoms with Crippen LogP contribution < -0.4 is 5.43 Å². The first-order chi connectivity index (χ1) is 10.8. The molecule has 0 bridgehead atoms. The van der Waals surface area contributed by atoms with Crippen LogP contribution >= 0.6 is 27.3 Å². The van der Waals surface area contributed by atoms with Gasteiger partial charge in [-0.3, -0.25) is 4.79 Å². The lowest BCUT2D eigenvalue weighted by Crippen LogP contribution is -2.13. The minimum Gasteiger partial charge on any atom is -0.463 e. The maximum atomic E-state index is 12.6. The van der Waals surface area contributed by atoms with Gasteiger partial charge in [-0.1, -0.05) is 27.3 Å². The number of halogens is 1. The van der Waals surface area contributed by atoms with Gasteiger partial charge >= 0.3 is 0 Å². The molecule has 0 N–H and O–H groups in total. The zero-order chi connectivity index (χ0) is 16.8. The van der Waals surface area contributed by atoms with Gasteiger partial charge in [0.2, 0.25) is 19.6 Å². The molecule has 120 valence electrons. The fraction of sp³-hybridized carbons (Fsp3) is 0.214. The van der Waals surface area contributed by atoms with Crippen LogP contribution in [0.1, 0.15) is 13.8 Å². The molecule has 3 aromatic rings. The van der Waals surface area contributed by atoms with E-state index in [2.05, 4.69) is 26.1 Å². The first kappa shape index (κ1) is 16.3. The van der Waals surface area contributed by atoms with E-state index >= 15 is 0 Å². The fourth-order valence-electron chi connectivity index (χ4n) is 1.89. The molecule has 0 amide bonds. The van der Waals surface area contributed by atoms with Crippen molar-refractivity contribution in [2.75, 3.05) is 0 Å². The molecule has 0 spiro atoms. The summed E-state index contributed by atoms with van der Waals surface area (Å²) in [4.78, 5) is 12.6. The Morgan fingerprint density at radius 2 is 2.00 bits per heavy atom. The minimum absolute atomic E-state index is 0.101. The van der Waals surface area contributed by atoms with Crippen molar-refractivity contribution in [2.24, 2.45) is 0 Å². The van der Waals surface area contributed by atoms with E-state index in [1.165, 1.54) is 6.26 Å². The summed E-state index contributed by atoms with van der Waals surface area (Å²) in [6, 6.07) is 5.10. The van der Waals surface area contributed by atoms with Crippen molar-refractivity contribution < 1.29 is 12.8 Å². The number of aromatic nitrogens is 2. The quantitative estimate of drug-likeness (QED) is 0.652. The van der Waals surface area contributed by atoms with Gasteiger partial charge in [0.25, 0.3) is 0 Å². The van der Waals surface area contributed by atoms with Crippen LogP contribution in [0.5, 0.6) is 0 Å². The molecule has 0 atom stereocenters. The Kier molecular flexibility index (Phi) is 4.11. The van der Waals surface area contributed by atoms with Gasteiger partial charge in [-0.15, -0.1) is 10.2 Å². The molecule has 0 radical (unpaired) electrons. The van der Waals surface area contributed by atoms with Crippen LogP contribution in [0.2, 0.25) is 0 Å². The van der Waals surface area contributed by atoms with Crippen molar-refractivity contribution in [3.63, 3.8) is 0 Å². The highest BCUT2D eigenvalue weighted by molar-refractivity contribution is 9.10. The number of hydrogen-bond donors (Lipinski definition) is 0. The molecule has 9 heteroatoms. The average Bonchev–Trinajstić information content (AvgIpc) is 2.98. The van der Waals surface area contributed by atoms with Crippen molar-refractivity contribution >= 4 is 48.1 Å². The predicted molar refractivity (Wildman–Crippen MR) is 91.4 cm³/mol. The number of hydrogen-bond acceptors (Lipinski definition) is 7. The lowest BCUT2D eigenvalue weighted by Gasteiger charge is -2.01. The third-order valence-electron chi connectivity index (χ3n) is 3.24. The molecule has 0 saturated heterocycles. The summed E-state index contributed by atoms with van der Waals surface area (Å²) in [5.74, 6) is 0. The third kappa shape index (κ3) is 2.84. The topological polar surface area (TPSA) is 90.1 Å². The second-order valence-electron chi connectivity index (χ2n) is 5.09. The van der Waals surface area contributed by atoms with Crippen molar-refractivity contribution in [1.82, 2.24) is 10.2 Å². The molecule has 2 heterocycles. The normalized spacial score (nSPS) is 12.2. The van der Waals surface area contributed by atoms with E-state index < -0.39 is 15.1 Å². The van der Waals surface area contributed by atoms with Crippen LogP contribution in [-0.2, 0) is 9.84 Å². The number of fused-ring (bicyclic) bond motifs is 1. The summed E-state index contributed by atoms with van der Waals surface area (Å²) in [5.41, 5.74) is 0.358. The molecule has 0 aliphatic carbocycles. The highest BCUT2D eigenvalue weighted by atomic mass is 79.9. The van der Waals surface area contributed by atoms with E-state index in [1.807, 2.05) is 0 Å². The zero-order valence-electron chi connectivity index (χ0n) is 12.1. The Bertz CT molecular complexity index is 1050. The standard InChI is InChI=1S/C14H11BrN2O4S2/c1-7(2)23(19,20)14-17-16-13(22-14)10-6-21-11-4-3-8(15)5-9(11)12(10)18/h3-7H,1-2H3. The summed E-state index contributed by atoms with van der Waals surface area (Å²) < 4.78 is 30.3. The van der Waals surface area contributed by atoms with Crippen LogP contribution in [0.4, 0.5) is 0 Å². The van der Waals surface area contributed by atoms with Gasteiger partial charge in [0.05, 0.1) is 16.2 Å². The molecule has 0 aliphatic rings. The van der Waals surface area contributed by atoms with E-state index in [9.17, 15) is 13.2 Å². The van der Waals surface area contributed by atoms with Crippen molar-refractivity contribution in [3.8, 4) is 10.6 Å². The molecule has 1 aromatic carbocycles. The number of rotatable bonds is 3. The van der Waals surface area contributed by atoms with Gasteiger partial charge in [0, 0.05) is 4.47 Å². The first-order valence-corrected chi connectivity index (χ1v) is 9.75. The molecular formula is C14H11BrN2O4S2. The third-order valence-corrected chi connectivity index (χ3v) is 7.24. The molecule has 0 unspecified atom stereocenters. The Balaban J connectivity index is 2.17. The molecule has 0 saturated carbocycles. The number of sulfone groups is 1. The fourth-order valence-corrected chi connectivity index (χ4v) is 4.66. The molecule has 23 heavy (non-hydrogen) atoms. The summed E-state index contributed by atoms with van der Waals surface area (Å²) in [5, 5.41) is 7.56. The van der Waals surface area contributed by atoms with Crippen LogP contribution in [-0.4, -0.2) is 23.9 Å². The van der Waals surface area contributed by atoms with Gasteiger partial charge in [-0.2, -0.15) is 0 Å². The minimum atomic E-state index is -3.52. The van der Waals surface area contributed by atoms with Gasteiger partial charge in [0.1, 0.15) is 11.8 Å². The van der Waals surface area contributed by atoms with Crippen LogP contribution in [0.25, 0.3) is 21.5 Å². The first-order valence-electron chi connectivity index (χ1n) is 6.59. The Morgan fingerprint density at radius 3 is 2.70 bits per heavy atom. The van der Waals surface area contributed by atoms with Gasteiger partial charge in [-0.05, 0) is 32.0 Å². The maximum Gasteiger partial charge on any atom is 0.233 e. The van der Waals surface area contributed by atoms with Crippen molar-refractivity contribution in [3.05, 3.63) is 39.2 Å². The highest BCUT2D eigenvalue weighted by Gasteiger charge is 2.25. The molecular weight excluding hydrogens is 404 g/mol. The summed E-state index contributed by atoms with van der Waals surface area (Å²) in [6.07, 6.45) is 1.28. The predicted octanol–water partition coefficient (Wildman–Crippen LogP) is 3.26. The number of nitrogens with zero attached hydrogens (tertiary/aromatic N) is 2. The van der Waals surface area contributed by atoms with Crippen molar-refractivity contribution in [2.45, 2.75) is 23.4 Å².